The number of non-ortho nitro benzene ring substituents is 1. The van der Waals surface area contributed by atoms with Gasteiger partial charge in [0.2, 0.25) is 0 Å². The van der Waals surface area contributed by atoms with Crippen LogP contribution in [-0.2, 0) is 0 Å². The number of nitrogen functional groups attached to an aromatic ring is 1. The van der Waals surface area contributed by atoms with Gasteiger partial charge in [0.05, 0.1) is 11.0 Å². The van der Waals surface area contributed by atoms with Crippen LogP contribution in [0.25, 0.3) is 0 Å². The van der Waals surface area contributed by atoms with Crippen molar-refractivity contribution in [2.45, 2.75) is 6.92 Å². The van der Waals surface area contributed by atoms with E-state index >= 15 is 0 Å². The monoisotopic (exact) mass is 296 g/mol. The largest absolute Gasteiger partial charge is 0.436 e. The van der Waals surface area contributed by atoms with E-state index in [1.807, 2.05) is 5.43 Å². The highest BCUT2D eigenvalue weighted by Crippen LogP contribution is 2.30. The summed E-state index contributed by atoms with van der Waals surface area (Å²) in [5.41, 5.74) is 2.25. The minimum absolute atomic E-state index is 0.0326. The standard InChI is InChI=1S/C12H10F2N4O3/c1-6-2-3-7(18(19)20)4-10(6)21-12-9(14)5-8(13)11(16-12)17-15/h2-5H,15H2,1H3,(H,16,17). The van der Waals surface area contributed by atoms with Gasteiger partial charge in [-0.05, 0) is 18.6 Å². The predicted octanol–water partition coefficient (Wildman–Crippen LogP) is 2.65. The van der Waals surface area contributed by atoms with E-state index in [2.05, 4.69) is 4.98 Å². The first-order valence-corrected chi connectivity index (χ1v) is 5.68. The summed E-state index contributed by atoms with van der Waals surface area (Å²) in [6.45, 7) is 1.61. The van der Waals surface area contributed by atoms with Gasteiger partial charge in [-0.2, -0.15) is 4.98 Å². The molecule has 0 atom stereocenters. The van der Waals surface area contributed by atoms with E-state index in [0.29, 0.717) is 11.6 Å². The fourth-order valence-electron chi connectivity index (χ4n) is 1.54. The Balaban J connectivity index is 2.42. The van der Waals surface area contributed by atoms with Gasteiger partial charge in [0, 0.05) is 12.1 Å². The van der Waals surface area contributed by atoms with Crippen LogP contribution in [-0.4, -0.2) is 9.91 Å². The van der Waals surface area contributed by atoms with Gasteiger partial charge in [0.1, 0.15) is 5.75 Å². The zero-order valence-electron chi connectivity index (χ0n) is 10.8. The van der Waals surface area contributed by atoms with Crippen molar-refractivity contribution in [1.82, 2.24) is 4.98 Å². The molecule has 7 nitrogen and oxygen atoms in total. The number of halogens is 2. The summed E-state index contributed by atoms with van der Waals surface area (Å²) in [5, 5.41) is 10.7. The number of hydrogen-bond donors (Lipinski definition) is 2. The minimum atomic E-state index is -1.06. The number of aryl methyl sites for hydroxylation is 1. The van der Waals surface area contributed by atoms with E-state index in [-0.39, 0.29) is 11.4 Å². The number of nitrogens with two attached hydrogens (primary N) is 1. The van der Waals surface area contributed by atoms with Crippen LogP contribution >= 0.6 is 0 Å². The Morgan fingerprint density at radius 2 is 2.05 bits per heavy atom. The average molecular weight is 296 g/mol. The zero-order valence-corrected chi connectivity index (χ0v) is 10.8. The highest BCUT2D eigenvalue weighted by Gasteiger charge is 2.16. The lowest BCUT2D eigenvalue weighted by molar-refractivity contribution is -0.384. The highest BCUT2D eigenvalue weighted by molar-refractivity contribution is 5.46. The Bertz CT molecular complexity index is 709. The summed E-state index contributed by atoms with van der Waals surface area (Å²) in [6.07, 6.45) is 0. The Morgan fingerprint density at radius 3 is 2.67 bits per heavy atom. The number of hydrogen-bond acceptors (Lipinski definition) is 6. The van der Waals surface area contributed by atoms with Crippen LogP contribution in [0.4, 0.5) is 20.3 Å². The van der Waals surface area contributed by atoms with E-state index in [1.54, 1.807) is 6.92 Å². The molecule has 1 aromatic carbocycles. The molecule has 110 valence electrons. The number of anilines is 1. The molecule has 0 aliphatic rings. The van der Waals surface area contributed by atoms with Gasteiger partial charge in [-0.3, -0.25) is 10.1 Å². The van der Waals surface area contributed by atoms with Gasteiger partial charge in [-0.25, -0.2) is 14.6 Å². The SMILES string of the molecule is Cc1ccc([N+](=O)[O-])cc1Oc1nc(NN)c(F)cc1F. The number of pyridine rings is 1. The molecule has 2 rings (SSSR count). The van der Waals surface area contributed by atoms with Crippen LogP contribution in [0.2, 0.25) is 0 Å². The number of rotatable bonds is 4. The van der Waals surface area contributed by atoms with E-state index in [9.17, 15) is 18.9 Å². The van der Waals surface area contributed by atoms with Gasteiger partial charge in [-0.1, -0.05) is 0 Å². The second-order valence-corrected chi connectivity index (χ2v) is 4.06. The van der Waals surface area contributed by atoms with Gasteiger partial charge < -0.3 is 10.2 Å². The number of benzene rings is 1. The minimum Gasteiger partial charge on any atom is -0.436 e. The number of hydrazine groups is 1. The zero-order chi connectivity index (χ0) is 15.6. The lowest BCUT2D eigenvalue weighted by Gasteiger charge is -2.10. The summed E-state index contributed by atoms with van der Waals surface area (Å²) >= 11 is 0. The maximum atomic E-state index is 13.6. The molecular formula is C12H10F2N4O3. The molecule has 0 aliphatic heterocycles. The van der Waals surface area contributed by atoms with E-state index in [4.69, 9.17) is 10.6 Å². The van der Waals surface area contributed by atoms with Crippen molar-refractivity contribution in [3.8, 4) is 11.6 Å². The Hall–Kier alpha value is -2.81. The first-order valence-electron chi connectivity index (χ1n) is 5.68. The normalized spacial score (nSPS) is 10.3. The van der Waals surface area contributed by atoms with Crippen LogP contribution in [0.5, 0.6) is 11.6 Å². The molecular weight excluding hydrogens is 286 g/mol. The molecule has 0 fully saturated rings. The lowest BCUT2D eigenvalue weighted by Crippen LogP contribution is -2.11. The van der Waals surface area contributed by atoms with Crippen LogP contribution < -0.4 is 16.0 Å². The van der Waals surface area contributed by atoms with Crippen molar-refractivity contribution >= 4 is 11.5 Å². The second kappa shape index (κ2) is 5.67. The molecule has 2 aromatic rings. The summed E-state index contributed by atoms with van der Waals surface area (Å²) in [5.74, 6) is 2.07. The maximum Gasteiger partial charge on any atom is 0.273 e. The molecule has 0 saturated carbocycles. The quantitative estimate of drug-likeness (QED) is 0.510. The van der Waals surface area contributed by atoms with Crippen molar-refractivity contribution in [1.29, 1.82) is 0 Å². The van der Waals surface area contributed by atoms with Gasteiger partial charge >= 0.3 is 0 Å². The third-order valence-electron chi connectivity index (χ3n) is 2.62. The van der Waals surface area contributed by atoms with Crippen molar-refractivity contribution in [3.63, 3.8) is 0 Å². The fraction of sp³-hybridized carbons (Fsp3) is 0.0833. The number of nitro benzene ring substituents is 1. The Labute approximate surface area is 117 Å². The number of nitrogens with zero attached hydrogens (tertiary/aromatic N) is 2. The number of nitrogens with one attached hydrogen (secondary N) is 1. The maximum absolute atomic E-state index is 13.6. The van der Waals surface area contributed by atoms with Crippen LogP contribution in [0, 0.1) is 28.7 Å². The number of ether oxygens (including phenoxy) is 1. The second-order valence-electron chi connectivity index (χ2n) is 4.06. The molecule has 3 N–H and O–H groups in total. The Kier molecular flexibility index (Phi) is 3.94. The summed E-state index contributed by atoms with van der Waals surface area (Å²) in [7, 11) is 0. The van der Waals surface area contributed by atoms with Gasteiger partial charge in [0.15, 0.2) is 17.5 Å². The summed E-state index contributed by atoms with van der Waals surface area (Å²) in [4.78, 5) is 13.6. The molecule has 0 radical (unpaired) electrons. The number of aromatic nitrogens is 1. The van der Waals surface area contributed by atoms with Crippen LogP contribution in [0.15, 0.2) is 24.3 Å². The first kappa shape index (κ1) is 14.6. The molecule has 0 bridgehead atoms. The lowest BCUT2D eigenvalue weighted by atomic mass is 10.2. The van der Waals surface area contributed by atoms with Crippen molar-refractivity contribution in [2.75, 3.05) is 5.43 Å². The molecule has 0 unspecified atom stereocenters. The summed E-state index contributed by atoms with van der Waals surface area (Å²) < 4.78 is 32.0. The molecule has 9 heteroatoms. The third kappa shape index (κ3) is 3.03. The topological polar surface area (TPSA) is 103 Å². The molecule has 0 amide bonds. The smallest absolute Gasteiger partial charge is 0.273 e. The highest BCUT2D eigenvalue weighted by atomic mass is 19.1. The van der Waals surface area contributed by atoms with E-state index < -0.39 is 28.3 Å². The van der Waals surface area contributed by atoms with Gasteiger partial charge in [-0.15, -0.1) is 0 Å². The Morgan fingerprint density at radius 1 is 1.33 bits per heavy atom. The molecule has 21 heavy (non-hydrogen) atoms. The van der Waals surface area contributed by atoms with Crippen molar-refractivity contribution in [3.05, 3.63) is 51.6 Å². The predicted molar refractivity (Wildman–Crippen MR) is 69.9 cm³/mol. The van der Waals surface area contributed by atoms with E-state index in [1.165, 1.54) is 12.1 Å². The fourth-order valence-corrected chi connectivity index (χ4v) is 1.54. The molecule has 0 spiro atoms. The first-order chi connectivity index (χ1) is 9.92. The van der Waals surface area contributed by atoms with E-state index in [0.717, 1.165) is 6.07 Å². The van der Waals surface area contributed by atoms with Crippen LogP contribution in [0.3, 0.4) is 0 Å². The van der Waals surface area contributed by atoms with Crippen molar-refractivity contribution < 1.29 is 18.4 Å². The third-order valence-corrected chi connectivity index (χ3v) is 2.62. The van der Waals surface area contributed by atoms with Crippen LogP contribution in [0.1, 0.15) is 5.56 Å². The average Bonchev–Trinajstić information content (AvgIpc) is 2.43. The molecule has 1 heterocycles. The molecule has 0 saturated heterocycles. The number of nitro groups is 1. The molecule has 0 aliphatic carbocycles. The van der Waals surface area contributed by atoms with Gasteiger partial charge in [0.25, 0.3) is 11.6 Å². The molecule has 1 aromatic heterocycles. The van der Waals surface area contributed by atoms with Crippen molar-refractivity contribution in [2.24, 2.45) is 5.84 Å². The summed E-state index contributed by atoms with van der Waals surface area (Å²) in [6, 6.07) is 4.39.